The van der Waals surface area contributed by atoms with Crippen molar-refractivity contribution in [2.75, 3.05) is 12.4 Å². The third kappa shape index (κ3) is 5.41. The van der Waals surface area contributed by atoms with Gasteiger partial charge in [0.15, 0.2) is 11.5 Å². The lowest BCUT2D eigenvalue weighted by molar-refractivity contribution is -0.384. The number of non-ortho nitro benzene ring substituents is 1. The number of hydrogen-bond donors (Lipinski definition) is 1. The Kier molecular flexibility index (Phi) is 7.15. The molecule has 0 aliphatic rings. The van der Waals surface area contributed by atoms with E-state index in [1.807, 2.05) is 6.07 Å². The first-order valence-electron chi connectivity index (χ1n) is 9.41. The molecule has 0 atom stereocenters. The first-order chi connectivity index (χ1) is 14.4. The van der Waals surface area contributed by atoms with Crippen LogP contribution in [-0.2, 0) is 13.2 Å². The molecule has 0 aliphatic heterocycles. The van der Waals surface area contributed by atoms with Gasteiger partial charge in [0, 0.05) is 24.4 Å². The van der Waals surface area contributed by atoms with Gasteiger partial charge in [-0.25, -0.2) is 0 Å². The van der Waals surface area contributed by atoms with Gasteiger partial charge in [-0.3, -0.25) is 10.1 Å². The molecule has 0 fully saturated rings. The van der Waals surface area contributed by atoms with Gasteiger partial charge in [-0.2, -0.15) is 0 Å². The van der Waals surface area contributed by atoms with Crippen molar-refractivity contribution in [2.24, 2.45) is 0 Å². The van der Waals surface area contributed by atoms with Crippen LogP contribution in [0.2, 0.25) is 0 Å². The van der Waals surface area contributed by atoms with Crippen molar-refractivity contribution < 1.29 is 14.4 Å². The van der Waals surface area contributed by atoms with Crippen LogP contribution < -0.4 is 14.8 Å². The highest BCUT2D eigenvalue weighted by atomic mass is 127. The Morgan fingerprint density at radius 1 is 1.03 bits per heavy atom. The van der Waals surface area contributed by atoms with Crippen molar-refractivity contribution in [3.05, 3.63) is 90.5 Å². The van der Waals surface area contributed by atoms with E-state index >= 15 is 0 Å². The van der Waals surface area contributed by atoms with Crippen LogP contribution in [0.15, 0.2) is 54.6 Å². The molecule has 30 heavy (non-hydrogen) atoms. The summed E-state index contributed by atoms with van der Waals surface area (Å²) in [4.78, 5) is 10.4. The molecule has 0 saturated heterocycles. The van der Waals surface area contributed by atoms with Gasteiger partial charge in [-0.05, 0) is 89.0 Å². The second-order valence-corrected chi connectivity index (χ2v) is 8.16. The van der Waals surface area contributed by atoms with Gasteiger partial charge in [0.2, 0.25) is 0 Å². The molecule has 6 nitrogen and oxygen atoms in total. The fraction of sp³-hybridized carbons (Fsp3) is 0.217. The average Bonchev–Trinajstić information content (AvgIpc) is 2.73. The Morgan fingerprint density at radius 2 is 1.77 bits per heavy atom. The highest BCUT2D eigenvalue weighted by molar-refractivity contribution is 14.1. The Labute approximate surface area is 189 Å². The summed E-state index contributed by atoms with van der Waals surface area (Å²) in [7, 11) is 1.62. The van der Waals surface area contributed by atoms with Crippen molar-refractivity contribution in [2.45, 2.75) is 27.0 Å². The Bertz CT molecular complexity index is 1050. The first-order valence-corrected chi connectivity index (χ1v) is 10.5. The quantitative estimate of drug-likeness (QED) is 0.225. The standard InChI is InChI=1S/C23H23IN2O4/c1-15-4-5-16(2)21(10-15)25-13-18-11-20(24)23(22(12-18)29-3)30-14-17-6-8-19(9-7-17)26(27)28/h4-12,25H,13-14H2,1-3H3. The van der Waals surface area contributed by atoms with E-state index in [0.717, 1.165) is 20.4 Å². The number of halogens is 1. The van der Waals surface area contributed by atoms with E-state index in [1.165, 1.54) is 23.3 Å². The summed E-state index contributed by atoms with van der Waals surface area (Å²) in [6.45, 7) is 5.12. The number of aryl methyl sites for hydroxylation is 2. The maximum atomic E-state index is 10.8. The van der Waals surface area contributed by atoms with E-state index in [4.69, 9.17) is 9.47 Å². The summed E-state index contributed by atoms with van der Waals surface area (Å²) in [6.07, 6.45) is 0. The van der Waals surface area contributed by atoms with E-state index < -0.39 is 4.92 Å². The topological polar surface area (TPSA) is 73.6 Å². The number of methoxy groups -OCH3 is 1. The van der Waals surface area contributed by atoms with Crippen LogP contribution in [0, 0.1) is 27.5 Å². The van der Waals surface area contributed by atoms with Crippen LogP contribution in [0.3, 0.4) is 0 Å². The van der Waals surface area contributed by atoms with Crippen molar-refractivity contribution in [1.29, 1.82) is 0 Å². The molecule has 0 amide bonds. The SMILES string of the molecule is COc1cc(CNc2cc(C)ccc2C)cc(I)c1OCc1ccc([N+](=O)[O-])cc1. The second kappa shape index (κ2) is 9.80. The highest BCUT2D eigenvalue weighted by Gasteiger charge is 2.13. The molecule has 0 bridgehead atoms. The zero-order chi connectivity index (χ0) is 21.7. The van der Waals surface area contributed by atoms with Gasteiger partial charge in [0.05, 0.1) is 15.6 Å². The molecule has 3 aromatic carbocycles. The molecule has 3 rings (SSSR count). The van der Waals surface area contributed by atoms with Gasteiger partial charge >= 0.3 is 0 Å². The number of nitro groups is 1. The minimum atomic E-state index is -0.415. The Hall–Kier alpha value is -2.81. The third-order valence-electron chi connectivity index (χ3n) is 4.70. The van der Waals surface area contributed by atoms with E-state index in [0.29, 0.717) is 24.7 Å². The maximum Gasteiger partial charge on any atom is 0.269 e. The number of rotatable bonds is 8. The average molecular weight is 518 g/mol. The zero-order valence-electron chi connectivity index (χ0n) is 17.1. The summed E-state index contributed by atoms with van der Waals surface area (Å²) in [5.41, 5.74) is 5.52. The molecule has 7 heteroatoms. The minimum Gasteiger partial charge on any atom is -0.493 e. The molecule has 0 spiro atoms. The van der Waals surface area contributed by atoms with Gasteiger partial charge in [0.1, 0.15) is 6.61 Å². The summed E-state index contributed by atoms with van der Waals surface area (Å²) in [6, 6.07) is 16.7. The molecule has 0 unspecified atom stereocenters. The third-order valence-corrected chi connectivity index (χ3v) is 5.50. The van der Waals surface area contributed by atoms with Crippen molar-refractivity contribution in [1.82, 2.24) is 0 Å². The molecule has 0 aromatic heterocycles. The van der Waals surface area contributed by atoms with Crippen molar-refractivity contribution >= 4 is 34.0 Å². The molecule has 0 aliphatic carbocycles. The van der Waals surface area contributed by atoms with E-state index in [2.05, 4.69) is 66.0 Å². The normalized spacial score (nSPS) is 10.5. The smallest absolute Gasteiger partial charge is 0.269 e. The molecule has 0 saturated carbocycles. The molecule has 3 aromatic rings. The zero-order valence-corrected chi connectivity index (χ0v) is 19.2. The van der Waals surface area contributed by atoms with E-state index in [1.54, 1.807) is 19.2 Å². The van der Waals surface area contributed by atoms with Gasteiger partial charge in [0.25, 0.3) is 5.69 Å². The molecular weight excluding hydrogens is 495 g/mol. The number of hydrogen-bond acceptors (Lipinski definition) is 5. The molecule has 156 valence electrons. The summed E-state index contributed by atoms with van der Waals surface area (Å²) < 4.78 is 12.5. The van der Waals surface area contributed by atoms with E-state index in [9.17, 15) is 10.1 Å². The lowest BCUT2D eigenvalue weighted by atomic mass is 10.1. The lowest BCUT2D eigenvalue weighted by Gasteiger charge is -2.16. The summed E-state index contributed by atoms with van der Waals surface area (Å²) >= 11 is 2.24. The van der Waals surface area contributed by atoms with Crippen molar-refractivity contribution in [3.63, 3.8) is 0 Å². The van der Waals surface area contributed by atoms with Crippen LogP contribution in [0.5, 0.6) is 11.5 Å². The molecule has 1 N–H and O–H groups in total. The molecule has 0 radical (unpaired) electrons. The van der Waals surface area contributed by atoms with E-state index in [-0.39, 0.29) is 5.69 Å². The Balaban J connectivity index is 1.71. The Morgan fingerprint density at radius 3 is 2.43 bits per heavy atom. The number of benzene rings is 3. The monoisotopic (exact) mass is 518 g/mol. The summed E-state index contributed by atoms with van der Waals surface area (Å²) in [5.74, 6) is 1.31. The lowest BCUT2D eigenvalue weighted by Crippen LogP contribution is -2.04. The highest BCUT2D eigenvalue weighted by Crippen LogP contribution is 2.35. The predicted molar refractivity (Wildman–Crippen MR) is 126 cm³/mol. The predicted octanol–water partition coefficient (Wildman–Crippen LogP) is 6.02. The summed E-state index contributed by atoms with van der Waals surface area (Å²) in [5, 5.41) is 14.3. The minimum absolute atomic E-state index is 0.0617. The number of nitro benzene ring substituents is 1. The number of ether oxygens (including phenoxy) is 2. The number of nitrogens with one attached hydrogen (secondary N) is 1. The number of anilines is 1. The van der Waals surface area contributed by atoms with Crippen LogP contribution in [-0.4, -0.2) is 12.0 Å². The first kappa shape index (κ1) is 21.9. The maximum absolute atomic E-state index is 10.8. The molecular formula is C23H23IN2O4. The van der Waals surface area contributed by atoms with Gasteiger partial charge in [-0.15, -0.1) is 0 Å². The van der Waals surface area contributed by atoms with Crippen molar-refractivity contribution in [3.8, 4) is 11.5 Å². The largest absolute Gasteiger partial charge is 0.493 e. The van der Waals surface area contributed by atoms with Gasteiger partial charge < -0.3 is 14.8 Å². The van der Waals surface area contributed by atoms with Gasteiger partial charge in [-0.1, -0.05) is 12.1 Å². The molecule has 0 heterocycles. The van der Waals surface area contributed by atoms with Crippen LogP contribution in [0.25, 0.3) is 0 Å². The van der Waals surface area contributed by atoms with Crippen LogP contribution >= 0.6 is 22.6 Å². The fourth-order valence-electron chi connectivity index (χ4n) is 3.01. The second-order valence-electron chi connectivity index (χ2n) is 6.99. The fourth-order valence-corrected chi connectivity index (χ4v) is 3.83. The number of nitrogens with zero attached hydrogens (tertiary/aromatic N) is 1. The van der Waals surface area contributed by atoms with Crippen LogP contribution in [0.4, 0.5) is 11.4 Å². The van der Waals surface area contributed by atoms with Crippen LogP contribution in [0.1, 0.15) is 22.3 Å².